The number of alkyl halides is 3. The van der Waals surface area contributed by atoms with Crippen molar-refractivity contribution in [3.8, 4) is 16.2 Å². The summed E-state index contributed by atoms with van der Waals surface area (Å²) in [6, 6.07) is 9.72. The van der Waals surface area contributed by atoms with Gasteiger partial charge >= 0.3 is 6.18 Å². The maximum Gasteiger partial charge on any atom is 0.416 e. The van der Waals surface area contributed by atoms with E-state index >= 15 is 0 Å². The highest BCUT2D eigenvalue weighted by atomic mass is 32.1. The molecule has 1 heterocycles. The predicted molar refractivity (Wildman–Crippen MR) is 96.1 cm³/mol. The summed E-state index contributed by atoms with van der Waals surface area (Å²) in [7, 11) is 0. The molecule has 8 heteroatoms. The average molecular weight is 410 g/mol. The van der Waals surface area contributed by atoms with Crippen LogP contribution in [-0.4, -0.2) is 10.9 Å². The van der Waals surface area contributed by atoms with Crippen molar-refractivity contribution in [2.24, 2.45) is 0 Å². The fourth-order valence-electron chi connectivity index (χ4n) is 2.38. The summed E-state index contributed by atoms with van der Waals surface area (Å²) < 4.78 is 64.9. The molecule has 1 N–H and O–H groups in total. The van der Waals surface area contributed by atoms with Gasteiger partial charge < -0.3 is 5.11 Å². The Morgan fingerprint density at radius 1 is 0.929 bits per heavy atom. The molecule has 2 nitrogen and oxygen atoms in total. The van der Waals surface area contributed by atoms with E-state index in [2.05, 4.69) is 0 Å². The van der Waals surface area contributed by atoms with E-state index in [1.54, 1.807) is 6.07 Å². The van der Waals surface area contributed by atoms with Crippen LogP contribution in [0.1, 0.15) is 20.8 Å². The molecular weight excluding hydrogens is 399 g/mol. The Hall–Kier alpha value is -3.00. The number of aromatic hydroxyl groups is 1. The Morgan fingerprint density at radius 2 is 1.61 bits per heavy atom. The molecule has 0 fully saturated rings. The van der Waals surface area contributed by atoms with Crippen LogP contribution in [0, 0.1) is 11.6 Å². The van der Waals surface area contributed by atoms with Crippen LogP contribution in [0.25, 0.3) is 16.5 Å². The number of carbonyl (C=O) groups excluding carboxylic acids is 1. The van der Waals surface area contributed by atoms with Crippen molar-refractivity contribution in [3.05, 3.63) is 82.2 Å². The van der Waals surface area contributed by atoms with Gasteiger partial charge in [-0.15, -0.1) is 11.3 Å². The quantitative estimate of drug-likeness (QED) is 0.311. The smallest absolute Gasteiger partial charge is 0.416 e. The number of phenols is 1. The van der Waals surface area contributed by atoms with Gasteiger partial charge in [0.05, 0.1) is 10.4 Å². The molecule has 0 unspecified atom stereocenters. The number of ketones is 1. The average Bonchev–Trinajstić information content (AvgIpc) is 3.15. The summed E-state index contributed by atoms with van der Waals surface area (Å²) in [4.78, 5) is 13.1. The molecule has 2 aromatic carbocycles. The third-order valence-electron chi connectivity index (χ3n) is 3.85. The van der Waals surface area contributed by atoms with Crippen molar-refractivity contribution in [1.82, 2.24) is 0 Å². The summed E-state index contributed by atoms with van der Waals surface area (Å²) in [6.45, 7) is 0. The van der Waals surface area contributed by atoms with Gasteiger partial charge in [-0.25, -0.2) is 4.39 Å². The topological polar surface area (TPSA) is 37.3 Å². The number of hydrogen-bond donors (Lipinski definition) is 1. The molecule has 0 spiro atoms. The van der Waals surface area contributed by atoms with E-state index in [1.165, 1.54) is 18.2 Å². The van der Waals surface area contributed by atoms with Crippen molar-refractivity contribution in [3.63, 3.8) is 0 Å². The second-order valence-electron chi connectivity index (χ2n) is 5.74. The first-order valence-electron chi connectivity index (χ1n) is 7.83. The highest BCUT2D eigenvalue weighted by Crippen LogP contribution is 2.33. The zero-order chi connectivity index (χ0) is 20.5. The Kier molecular flexibility index (Phi) is 5.33. The summed E-state index contributed by atoms with van der Waals surface area (Å²) in [5.41, 5.74) is -0.453. The molecule has 3 aromatic rings. The summed E-state index contributed by atoms with van der Waals surface area (Å²) in [6.07, 6.45) is -2.29. The van der Waals surface area contributed by atoms with Crippen LogP contribution in [-0.2, 0) is 6.18 Å². The number of allylic oxidation sites excluding steroid dienone is 1. The lowest BCUT2D eigenvalue weighted by atomic mass is 10.1. The monoisotopic (exact) mass is 410 g/mol. The molecule has 28 heavy (non-hydrogen) atoms. The zero-order valence-electron chi connectivity index (χ0n) is 13.9. The van der Waals surface area contributed by atoms with Crippen LogP contribution in [0.15, 0.2) is 54.6 Å². The van der Waals surface area contributed by atoms with Crippen molar-refractivity contribution < 1.29 is 31.9 Å². The van der Waals surface area contributed by atoms with Crippen LogP contribution in [0.4, 0.5) is 22.0 Å². The maximum atomic E-state index is 13.7. The molecule has 3 rings (SSSR count). The summed E-state index contributed by atoms with van der Waals surface area (Å²) in [5.74, 6) is -3.99. The lowest BCUT2D eigenvalue weighted by Gasteiger charge is -2.06. The predicted octanol–water partition coefficient (Wildman–Crippen LogP) is 6.31. The van der Waals surface area contributed by atoms with Gasteiger partial charge in [0.1, 0.15) is 0 Å². The fourth-order valence-corrected chi connectivity index (χ4v) is 3.31. The molecule has 0 saturated heterocycles. The molecule has 0 radical (unpaired) electrons. The molecular formula is C20H11F5O2S. The number of phenolic OH excluding ortho intramolecular Hbond substituents is 1. The Morgan fingerprint density at radius 3 is 2.25 bits per heavy atom. The van der Waals surface area contributed by atoms with Gasteiger partial charge in [0.15, 0.2) is 17.3 Å². The van der Waals surface area contributed by atoms with Gasteiger partial charge in [-0.3, -0.25) is 4.79 Å². The number of carbonyl (C=O) groups is 1. The molecule has 0 aliphatic rings. The van der Waals surface area contributed by atoms with Gasteiger partial charge in [0.2, 0.25) is 5.82 Å². The third kappa shape index (κ3) is 4.12. The minimum atomic E-state index is -4.43. The molecule has 144 valence electrons. The van der Waals surface area contributed by atoms with E-state index in [9.17, 15) is 26.7 Å². The van der Waals surface area contributed by atoms with E-state index in [4.69, 9.17) is 5.11 Å². The van der Waals surface area contributed by atoms with Crippen molar-refractivity contribution in [1.29, 1.82) is 0 Å². The molecule has 0 aliphatic heterocycles. The van der Waals surface area contributed by atoms with Crippen LogP contribution >= 0.6 is 11.3 Å². The Balaban J connectivity index is 1.78. The molecule has 0 atom stereocenters. The normalized spacial score (nSPS) is 11.9. The number of benzene rings is 2. The van der Waals surface area contributed by atoms with Gasteiger partial charge in [-0.2, -0.15) is 17.6 Å². The molecule has 1 aromatic heterocycles. The van der Waals surface area contributed by atoms with E-state index in [-0.39, 0.29) is 10.4 Å². The van der Waals surface area contributed by atoms with Gasteiger partial charge in [-0.05, 0) is 54.1 Å². The van der Waals surface area contributed by atoms with E-state index in [0.717, 1.165) is 47.8 Å². The summed E-state index contributed by atoms with van der Waals surface area (Å²) >= 11 is 1.06. The Labute approximate surface area is 160 Å². The minimum Gasteiger partial charge on any atom is -0.505 e. The first-order valence-corrected chi connectivity index (χ1v) is 8.65. The third-order valence-corrected chi connectivity index (χ3v) is 5.00. The lowest BCUT2D eigenvalue weighted by Crippen LogP contribution is -2.03. The number of rotatable bonds is 4. The number of hydrogen-bond acceptors (Lipinski definition) is 3. The second-order valence-corrected chi connectivity index (χ2v) is 6.82. The highest BCUT2D eigenvalue weighted by Gasteiger charge is 2.30. The fraction of sp³-hybridized carbons (Fsp3) is 0.0500. The standard InChI is InChI=1S/C20H11F5O2S/c21-18-12(4-8-15(27)19(18)22)3-7-14(26)17-10-9-16(28-17)11-1-5-13(6-2-11)20(23,24)25/h1-10,27H. The largest absolute Gasteiger partial charge is 0.505 e. The number of halogens is 5. The van der Waals surface area contributed by atoms with Crippen molar-refractivity contribution in [2.75, 3.05) is 0 Å². The van der Waals surface area contributed by atoms with Crippen molar-refractivity contribution in [2.45, 2.75) is 6.18 Å². The highest BCUT2D eigenvalue weighted by molar-refractivity contribution is 7.17. The maximum absolute atomic E-state index is 13.7. The number of thiophene rings is 1. The molecule has 0 bridgehead atoms. The van der Waals surface area contributed by atoms with Crippen LogP contribution in [0.2, 0.25) is 0 Å². The minimum absolute atomic E-state index is 0.205. The van der Waals surface area contributed by atoms with Gasteiger partial charge in [0, 0.05) is 10.4 Å². The zero-order valence-corrected chi connectivity index (χ0v) is 14.7. The second kappa shape index (κ2) is 7.55. The lowest BCUT2D eigenvalue weighted by molar-refractivity contribution is -0.137. The van der Waals surface area contributed by atoms with Gasteiger partial charge in [0.25, 0.3) is 0 Å². The molecule has 0 saturated carbocycles. The SMILES string of the molecule is O=C(C=Cc1ccc(O)c(F)c1F)c1ccc(-c2ccc(C(F)(F)F)cc2)s1. The summed E-state index contributed by atoms with van der Waals surface area (Å²) in [5, 5.41) is 9.09. The first-order chi connectivity index (χ1) is 13.2. The van der Waals surface area contributed by atoms with E-state index < -0.39 is 34.9 Å². The molecule has 0 amide bonds. The van der Waals surface area contributed by atoms with Crippen LogP contribution in [0.3, 0.4) is 0 Å². The van der Waals surface area contributed by atoms with Crippen molar-refractivity contribution >= 4 is 23.2 Å². The van der Waals surface area contributed by atoms with E-state index in [0.29, 0.717) is 10.4 Å². The first kappa shape index (κ1) is 19.8. The van der Waals surface area contributed by atoms with Gasteiger partial charge in [-0.1, -0.05) is 12.1 Å². The molecule has 0 aliphatic carbocycles. The van der Waals surface area contributed by atoms with Crippen LogP contribution < -0.4 is 0 Å². The van der Waals surface area contributed by atoms with E-state index in [1.807, 2.05) is 0 Å². The van der Waals surface area contributed by atoms with Crippen LogP contribution in [0.5, 0.6) is 5.75 Å². The Bertz CT molecular complexity index is 1050.